The molecule has 4 rings (SSSR count). The van der Waals surface area contributed by atoms with Gasteiger partial charge in [-0.1, -0.05) is 35.9 Å². The van der Waals surface area contributed by atoms with Gasteiger partial charge in [-0.15, -0.1) is 0 Å². The summed E-state index contributed by atoms with van der Waals surface area (Å²) in [6.45, 7) is 1.95. The molecule has 4 aromatic rings. The van der Waals surface area contributed by atoms with Gasteiger partial charge in [-0.3, -0.25) is 9.97 Å². The van der Waals surface area contributed by atoms with Crippen LogP contribution >= 0.6 is 0 Å². The lowest BCUT2D eigenvalue weighted by Crippen LogP contribution is -2.17. The molecular formula is C23H18F3N5. The molecule has 0 aliphatic carbocycles. The number of halogens is 3. The van der Waals surface area contributed by atoms with Crippen molar-refractivity contribution >= 4 is 5.82 Å². The third kappa shape index (κ3) is 4.85. The highest BCUT2D eigenvalue weighted by Gasteiger charge is 2.34. The molecule has 0 spiro atoms. The monoisotopic (exact) mass is 421 g/mol. The van der Waals surface area contributed by atoms with Gasteiger partial charge in [-0.2, -0.15) is 13.2 Å². The first-order valence-electron chi connectivity index (χ1n) is 9.51. The van der Waals surface area contributed by atoms with Crippen molar-refractivity contribution in [2.24, 2.45) is 0 Å². The summed E-state index contributed by atoms with van der Waals surface area (Å²) in [5.74, 6) is 0.00929. The second kappa shape index (κ2) is 8.51. The topological polar surface area (TPSA) is 63.6 Å². The van der Waals surface area contributed by atoms with Crippen molar-refractivity contribution < 1.29 is 13.2 Å². The molecule has 0 aliphatic rings. The fraction of sp³-hybridized carbons (Fsp3) is 0.130. The van der Waals surface area contributed by atoms with Gasteiger partial charge in [0.15, 0.2) is 11.5 Å². The van der Waals surface area contributed by atoms with Gasteiger partial charge in [0.05, 0.1) is 11.7 Å². The highest BCUT2D eigenvalue weighted by atomic mass is 19.4. The number of alkyl halides is 3. The van der Waals surface area contributed by atoms with E-state index < -0.39 is 17.9 Å². The van der Waals surface area contributed by atoms with Gasteiger partial charge < -0.3 is 5.32 Å². The van der Waals surface area contributed by atoms with Crippen molar-refractivity contribution in [1.82, 2.24) is 19.9 Å². The molecule has 1 atom stereocenters. The normalized spacial score (nSPS) is 12.4. The number of hydrogen-bond acceptors (Lipinski definition) is 5. The van der Waals surface area contributed by atoms with E-state index in [2.05, 4.69) is 25.3 Å². The van der Waals surface area contributed by atoms with Crippen LogP contribution in [0.2, 0.25) is 0 Å². The molecule has 3 heterocycles. The molecule has 31 heavy (non-hydrogen) atoms. The molecule has 8 heteroatoms. The van der Waals surface area contributed by atoms with Gasteiger partial charge >= 0.3 is 6.18 Å². The maximum absolute atomic E-state index is 13.6. The maximum atomic E-state index is 13.6. The third-order valence-electron chi connectivity index (χ3n) is 4.61. The summed E-state index contributed by atoms with van der Waals surface area (Å²) < 4.78 is 40.7. The maximum Gasteiger partial charge on any atom is 0.433 e. The molecule has 0 aliphatic heterocycles. The number of nitrogens with zero attached hydrogens (tertiary/aromatic N) is 4. The van der Waals surface area contributed by atoms with E-state index in [0.29, 0.717) is 11.3 Å². The van der Waals surface area contributed by atoms with Crippen LogP contribution in [0.15, 0.2) is 79.3 Å². The lowest BCUT2D eigenvalue weighted by molar-refractivity contribution is -0.141. The molecule has 0 radical (unpaired) electrons. The fourth-order valence-electron chi connectivity index (χ4n) is 3.17. The molecule has 0 saturated heterocycles. The molecule has 1 unspecified atom stereocenters. The summed E-state index contributed by atoms with van der Waals surface area (Å²) in [5.41, 5.74) is 1.95. The van der Waals surface area contributed by atoms with Crippen LogP contribution in [0.1, 0.15) is 28.6 Å². The van der Waals surface area contributed by atoms with Crippen molar-refractivity contribution in [3.8, 4) is 11.4 Å². The van der Waals surface area contributed by atoms with E-state index in [1.165, 1.54) is 12.4 Å². The number of benzene rings is 1. The van der Waals surface area contributed by atoms with E-state index in [9.17, 15) is 13.2 Å². The lowest BCUT2D eigenvalue weighted by atomic mass is 10.0. The Morgan fingerprint density at radius 2 is 1.68 bits per heavy atom. The van der Waals surface area contributed by atoms with Crippen LogP contribution in [0, 0.1) is 6.92 Å². The first-order chi connectivity index (χ1) is 14.9. The standard InChI is InChI=1S/C23H18F3N5/c1-15-5-4-6-17(13-15)21(18-7-2-3-10-28-18)30-20-14-19(23(24,25)26)29-22(31-20)16-8-11-27-12-9-16/h2-14,21H,1H3,(H,29,30,31). The van der Waals surface area contributed by atoms with Crippen LogP contribution in [0.4, 0.5) is 19.0 Å². The summed E-state index contributed by atoms with van der Waals surface area (Å²) in [7, 11) is 0. The molecular weight excluding hydrogens is 403 g/mol. The molecule has 5 nitrogen and oxygen atoms in total. The lowest BCUT2D eigenvalue weighted by Gasteiger charge is -2.21. The highest BCUT2D eigenvalue weighted by molar-refractivity contribution is 5.57. The van der Waals surface area contributed by atoms with Crippen LogP contribution in [-0.4, -0.2) is 19.9 Å². The van der Waals surface area contributed by atoms with E-state index in [0.717, 1.165) is 17.2 Å². The molecule has 0 amide bonds. The van der Waals surface area contributed by atoms with E-state index in [1.807, 2.05) is 43.3 Å². The average molecular weight is 421 g/mol. The largest absolute Gasteiger partial charge is 0.433 e. The van der Waals surface area contributed by atoms with Crippen molar-refractivity contribution in [3.05, 3.63) is 102 Å². The summed E-state index contributed by atoms with van der Waals surface area (Å²) >= 11 is 0. The summed E-state index contributed by atoms with van der Waals surface area (Å²) in [4.78, 5) is 16.4. The average Bonchev–Trinajstić information content (AvgIpc) is 2.78. The van der Waals surface area contributed by atoms with Crippen molar-refractivity contribution in [3.63, 3.8) is 0 Å². The molecule has 1 aromatic carbocycles. The Kier molecular flexibility index (Phi) is 5.62. The predicted octanol–water partition coefficient (Wildman–Crippen LogP) is 5.46. The molecule has 156 valence electrons. The zero-order valence-corrected chi connectivity index (χ0v) is 16.5. The van der Waals surface area contributed by atoms with E-state index >= 15 is 0 Å². The minimum atomic E-state index is -4.62. The van der Waals surface area contributed by atoms with Gasteiger partial charge in [-0.25, -0.2) is 9.97 Å². The number of rotatable bonds is 5. The number of aryl methyl sites for hydroxylation is 1. The van der Waals surface area contributed by atoms with Crippen LogP contribution < -0.4 is 5.32 Å². The van der Waals surface area contributed by atoms with Gasteiger partial charge in [0, 0.05) is 30.2 Å². The van der Waals surface area contributed by atoms with Crippen molar-refractivity contribution in [2.45, 2.75) is 19.1 Å². The van der Waals surface area contributed by atoms with Crippen LogP contribution in [0.25, 0.3) is 11.4 Å². The van der Waals surface area contributed by atoms with Crippen molar-refractivity contribution in [2.75, 3.05) is 5.32 Å². The van der Waals surface area contributed by atoms with Gasteiger partial charge in [0.25, 0.3) is 0 Å². The first kappa shape index (κ1) is 20.5. The minimum absolute atomic E-state index is 0.0382. The van der Waals surface area contributed by atoms with Crippen LogP contribution in [0.3, 0.4) is 0 Å². The smallest absolute Gasteiger partial charge is 0.357 e. The van der Waals surface area contributed by atoms with Gasteiger partial charge in [0.1, 0.15) is 5.82 Å². The first-order valence-corrected chi connectivity index (χ1v) is 9.51. The highest BCUT2D eigenvalue weighted by Crippen LogP contribution is 2.32. The Labute approximate surface area is 177 Å². The predicted molar refractivity (Wildman–Crippen MR) is 111 cm³/mol. The molecule has 3 aromatic heterocycles. The van der Waals surface area contributed by atoms with Gasteiger partial charge in [-0.05, 0) is 36.8 Å². The number of nitrogens with one attached hydrogen (secondary N) is 1. The number of aromatic nitrogens is 4. The zero-order valence-electron chi connectivity index (χ0n) is 16.5. The minimum Gasteiger partial charge on any atom is -0.357 e. The van der Waals surface area contributed by atoms with E-state index in [4.69, 9.17) is 0 Å². The second-order valence-electron chi connectivity index (χ2n) is 6.94. The summed E-state index contributed by atoms with van der Waals surface area (Å²) in [5, 5.41) is 3.13. The number of hydrogen-bond donors (Lipinski definition) is 1. The molecule has 0 bridgehead atoms. The molecule has 0 fully saturated rings. The Hall–Kier alpha value is -3.81. The summed E-state index contributed by atoms with van der Waals surface area (Å²) in [6, 6.07) is 16.7. The van der Waals surface area contributed by atoms with Gasteiger partial charge in [0.2, 0.25) is 0 Å². The quantitative estimate of drug-likeness (QED) is 0.463. The Morgan fingerprint density at radius 3 is 2.35 bits per heavy atom. The molecule has 0 saturated carbocycles. The Morgan fingerprint density at radius 1 is 0.871 bits per heavy atom. The summed E-state index contributed by atoms with van der Waals surface area (Å²) in [6.07, 6.45) is -0.0146. The number of anilines is 1. The third-order valence-corrected chi connectivity index (χ3v) is 4.61. The molecule has 1 N–H and O–H groups in total. The van der Waals surface area contributed by atoms with Crippen LogP contribution in [-0.2, 0) is 6.18 Å². The van der Waals surface area contributed by atoms with Crippen LogP contribution in [0.5, 0.6) is 0 Å². The fourth-order valence-corrected chi connectivity index (χ4v) is 3.17. The number of pyridine rings is 2. The van der Waals surface area contributed by atoms with E-state index in [-0.39, 0.29) is 11.6 Å². The van der Waals surface area contributed by atoms with E-state index in [1.54, 1.807) is 24.4 Å². The zero-order chi connectivity index (χ0) is 21.8. The Balaban J connectivity index is 1.81. The Bertz CT molecular complexity index is 1160. The second-order valence-corrected chi connectivity index (χ2v) is 6.94. The SMILES string of the molecule is Cc1cccc(C(Nc2cc(C(F)(F)F)nc(-c3ccncc3)n2)c2ccccn2)c1. The van der Waals surface area contributed by atoms with Crippen molar-refractivity contribution in [1.29, 1.82) is 0 Å².